The molecule has 2 rings (SSSR count). The highest BCUT2D eigenvalue weighted by Crippen LogP contribution is 2.26. The van der Waals surface area contributed by atoms with Crippen molar-refractivity contribution < 1.29 is 0 Å². The van der Waals surface area contributed by atoms with Gasteiger partial charge < -0.3 is 0 Å². The average molecular weight is 274 g/mol. The Morgan fingerprint density at radius 1 is 1.57 bits per heavy atom. The molecule has 0 amide bonds. The lowest BCUT2D eigenvalue weighted by Crippen LogP contribution is -2.19. The van der Waals surface area contributed by atoms with E-state index in [-0.39, 0.29) is 0 Å². The van der Waals surface area contributed by atoms with Gasteiger partial charge in [-0.05, 0) is 46.9 Å². The van der Waals surface area contributed by atoms with Crippen molar-refractivity contribution >= 4 is 27.3 Å². The van der Waals surface area contributed by atoms with E-state index in [1.807, 2.05) is 11.3 Å². The van der Waals surface area contributed by atoms with Gasteiger partial charge >= 0.3 is 0 Å². The summed E-state index contributed by atoms with van der Waals surface area (Å²) in [5.41, 5.74) is 0. The molecule has 0 aliphatic carbocycles. The molecule has 0 bridgehead atoms. The zero-order valence-corrected chi connectivity index (χ0v) is 10.9. The third-order valence-corrected chi connectivity index (χ3v) is 4.56. The Kier molecular flexibility index (Phi) is 3.63. The zero-order valence-electron chi connectivity index (χ0n) is 8.50. The Labute approximate surface area is 98.2 Å². The van der Waals surface area contributed by atoms with Gasteiger partial charge in [0.2, 0.25) is 0 Å². The Hall–Kier alpha value is 0.140. The second-order valence-corrected chi connectivity index (χ2v) is 6.55. The van der Waals surface area contributed by atoms with E-state index >= 15 is 0 Å². The first kappa shape index (κ1) is 10.7. The van der Waals surface area contributed by atoms with Crippen LogP contribution in [0.1, 0.15) is 24.6 Å². The van der Waals surface area contributed by atoms with E-state index in [0.717, 1.165) is 12.5 Å². The van der Waals surface area contributed by atoms with Crippen molar-refractivity contribution in [1.29, 1.82) is 0 Å². The number of nitrogens with zero attached hydrogens (tertiary/aromatic N) is 1. The quantitative estimate of drug-likeness (QED) is 0.811. The lowest BCUT2D eigenvalue weighted by atomic mass is 10.1. The molecular formula is C11H16BrNS. The lowest BCUT2D eigenvalue weighted by molar-refractivity contribution is 0.318. The molecule has 1 unspecified atom stereocenters. The molecule has 0 radical (unpaired) electrons. The van der Waals surface area contributed by atoms with Crippen molar-refractivity contribution in [2.75, 3.05) is 13.1 Å². The van der Waals surface area contributed by atoms with Crippen LogP contribution in [-0.2, 0) is 6.54 Å². The number of rotatable bonds is 3. The number of likely N-dealkylation sites (tertiary alicyclic amines) is 1. The summed E-state index contributed by atoms with van der Waals surface area (Å²) in [5.74, 6) is 0.943. The van der Waals surface area contributed by atoms with Gasteiger partial charge in [-0.1, -0.05) is 13.3 Å². The smallest absolute Gasteiger partial charge is 0.0701 e. The van der Waals surface area contributed by atoms with Crippen molar-refractivity contribution in [1.82, 2.24) is 4.90 Å². The number of hydrogen-bond donors (Lipinski definition) is 0. The molecule has 78 valence electrons. The first-order valence-electron chi connectivity index (χ1n) is 5.24. The molecule has 0 aromatic carbocycles. The maximum Gasteiger partial charge on any atom is 0.0701 e. The average Bonchev–Trinajstić information content (AvgIpc) is 2.76. The van der Waals surface area contributed by atoms with E-state index in [0.29, 0.717) is 0 Å². The predicted octanol–water partition coefficient (Wildman–Crippen LogP) is 3.74. The lowest BCUT2D eigenvalue weighted by Gasteiger charge is -2.13. The molecule has 3 heteroatoms. The van der Waals surface area contributed by atoms with Gasteiger partial charge in [0.1, 0.15) is 0 Å². The first-order valence-corrected chi connectivity index (χ1v) is 6.85. The SMILES string of the molecule is CCC1CCN(Cc2ccc(Br)s2)C1. The molecule has 0 N–H and O–H groups in total. The van der Waals surface area contributed by atoms with Gasteiger partial charge in [0.15, 0.2) is 0 Å². The standard InChI is InChI=1S/C11H16BrNS/c1-2-9-5-6-13(7-9)8-10-3-4-11(12)14-10/h3-4,9H,2,5-8H2,1H3. The van der Waals surface area contributed by atoms with Gasteiger partial charge in [0.25, 0.3) is 0 Å². The molecule has 1 nitrogen and oxygen atoms in total. The normalized spacial score (nSPS) is 23.1. The van der Waals surface area contributed by atoms with E-state index in [9.17, 15) is 0 Å². The van der Waals surface area contributed by atoms with Crippen LogP contribution in [0.4, 0.5) is 0 Å². The van der Waals surface area contributed by atoms with Crippen LogP contribution in [0.2, 0.25) is 0 Å². The molecule has 1 aromatic rings. The Bertz CT molecular complexity index is 297. The fraction of sp³-hybridized carbons (Fsp3) is 0.636. The molecular weight excluding hydrogens is 258 g/mol. The summed E-state index contributed by atoms with van der Waals surface area (Å²) >= 11 is 5.37. The van der Waals surface area contributed by atoms with Gasteiger partial charge in [0, 0.05) is 18.0 Å². The summed E-state index contributed by atoms with van der Waals surface area (Å²) in [7, 11) is 0. The molecule has 1 fully saturated rings. The minimum absolute atomic E-state index is 0.943. The Morgan fingerprint density at radius 3 is 3.00 bits per heavy atom. The summed E-state index contributed by atoms with van der Waals surface area (Å²) in [6, 6.07) is 4.38. The Morgan fingerprint density at radius 2 is 2.43 bits per heavy atom. The number of hydrogen-bond acceptors (Lipinski definition) is 2. The van der Waals surface area contributed by atoms with Crippen molar-refractivity contribution in [2.45, 2.75) is 26.3 Å². The van der Waals surface area contributed by atoms with Crippen LogP contribution in [0.3, 0.4) is 0 Å². The van der Waals surface area contributed by atoms with Crippen LogP contribution >= 0.6 is 27.3 Å². The van der Waals surface area contributed by atoms with Gasteiger partial charge in [-0.15, -0.1) is 11.3 Å². The predicted molar refractivity (Wildman–Crippen MR) is 65.7 cm³/mol. The second kappa shape index (κ2) is 4.77. The number of thiophene rings is 1. The minimum atomic E-state index is 0.943. The van der Waals surface area contributed by atoms with Crippen molar-refractivity contribution in [3.63, 3.8) is 0 Å². The van der Waals surface area contributed by atoms with Crippen LogP contribution in [0.5, 0.6) is 0 Å². The monoisotopic (exact) mass is 273 g/mol. The first-order chi connectivity index (χ1) is 6.78. The molecule has 1 aliphatic rings. The van der Waals surface area contributed by atoms with Gasteiger partial charge in [-0.3, -0.25) is 4.90 Å². The van der Waals surface area contributed by atoms with Gasteiger partial charge in [-0.2, -0.15) is 0 Å². The van der Waals surface area contributed by atoms with Crippen LogP contribution in [0, 0.1) is 5.92 Å². The third kappa shape index (κ3) is 2.59. The fourth-order valence-corrected chi connectivity index (χ4v) is 3.57. The molecule has 1 saturated heterocycles. The van der Waals surface area contributed by atoms with Crippen molar-refractivity contribution in [2.24, 2.45) is 5.92 Å². The van der Waals surface area contributed by atoms with E-state index in [1.54, 1.807) is 0 Å². The summed E-state index contributed by atoms with van der Waals surface area (Å²) in [5, 5.41) is 0. The largest absolute Gasteiger partial charge is 0.298 e. The van der Waals surface area contributed by atoms with Crippen LogP contribution < -0.4 is 0 Å². The number of halogens is 1. The zero-order chi connectivity index (χ0) is 9.97. The van der Waals surface area contributed by atoms with E-state index in [4.69, 9.17) is 0 Å². The third-order valence-electron chi connectivity index (χ3n) is 2.96. The summed E-state index contributed by atoms with van der Waals surface area (Å²) < 4.78 is 1.25. The second-order valence-electron chi connectivity index (χ2n) is 4.00. The maximum atomic E-state index is 3.51. The van der Waals surface area contributed by atoms with E-state index in [2.05, 4.69) is 39.9 Å². The highest BCUT2D eigenvalue weighted by molar-refractivity contribution is 9.11. The minimum Gasteiger partial charge on any atom is -0.298 e. The summed E-state index contributed by atoms with van der Waals surface area (Å²) in [4.78, 5) is 4.06. The van der Waals surface area contributed by atoms with E-state index in [1.165, 1.54) is 34.6 Å². The molecule has 1 aliphatic heterocycles. The maximum absolute atomic E-state index is 3.51. The molecule has 1 aromatic heterocycles. The molecule has 0 saturated carbocycles. The molecule has 1 atom stereocenters. The van der Waals surface area contributed by atoms with Crippen LogP contribution in [0.25, 0.3) is 0 Å². The van der Waals surface area contributed by atoms with Crippen molar-refractivity contribution in [3.8, 4) is 0 Å². The highest BCUT2D eigenvalue weighted by Gasteiger charge is 2.20. The summed E-state index contributed by atoms with van der Waals surface area (Å²) in [6.45, 7) is 6.03. The molecule has 0 spiro atoms. The molecule has 14 heavy (non-hydrogen) atoms. The highest BCUT2D eigenvalue weighted by atomic mass is 79.9. The van der Waals surface area contributed by atoms with Crippen molar-refractivity contribution in [3.05, 3.63) is 20.8 Å². The van der Waals surface area contributed by atoms with Gasteiger partial charge in [-0.25, -0.2) is 0 Å². The summed E-state index contributed by atoms with van der Waals surface area (Å²) in [6.07, 6.45) is 2.73. The van der Waals surface area contributed by atoms with E-state index < -0.39 is 0 Å². The topological polar surface area (TPSA) is 3.24 Å². The fourth-order valence-electron chi connectivity index (χ4n) is 2.05. The van der Waals surface area contributed by atoms with Crippen LogP contribution in [0.15, 0.2) is 15.9 Å². The van der Waals surface area contributed by atoms with Gasteiger partial charge in [0.05, 0.1) is 3.79 Å². The van der Waals surface area contributed by atoms with Crippen LogP contribution in [-0.4, -0.2) is 18.0 Å². The Balaban J connectivity index is 1.87. The molecule has 2 heterocycles.